The van der Waals surface area contributed by atoms with Gasteiger partial charge in [0.2, 0.25) is 0 Å². The fourth-order valence-corrected chi connectivity index (χ4v) is 2.23. The molecule has 0 spiro atoms. The second-order valence-electron chi connectivity index (χ2n) is 7.63. The first-order chi connectivity index (χ1) is 13.0. The zero-order chi connectivity index (χ0) is 20.2. The van der Waals surface area contributed by atoms with E-state index in [1.807, 2.05) is 20.8 Å². The van der Waals surface area contributed by atoms with Crippen molar-refractivity contribution in [3.8, 4) is 0 Å². The van der Waals surface area contributed by atoms with E-state index in [0.29, 0.717) is 12.2 Å². The number of hydrogen-bond acceptors (Lipinski definition) is 1. The predicted octanol–water partition coefficient (Wildman–Crippen LogP) is 8.08. The summed E-state index contributed by atoms with van der Waals surface area (Å²) in [5.74, 6) is 0.335. The monoisotopic (exact) mass is 368 g/mol. The van der Waals surface area contributed by atoms with Crippen molar-refractivity contribution < 1.29 is 4.79 Å². The lowest BCUT2D eigenvalue weighted by Gasteiger charge is -2.15. The zero-order valence-corrected chi connectivity index (χ0v) is 18.0. The lowest BCUT2D eigenvalue weighted by molar-refractivity contribution is -0.126. The van der Waals surface area contributed by atoms with Crippen molar-refractivity contribution in [3.05, 3.63) is 72.9 Å². The number of carbonyl (C=O) groups is 1. The second-order valence-corrected chi connectivity index (χ2v) is 7.63. The second kappa shape index (κ2) is 17.5. The first-order valence-electron chi connectivity index (χ1n) is 10.4. The third kappa shape index (κ3) is 18.7. The average Bonchev–Trinajstić information content (AvgIpc) is 2.62. The highest BCUT2D eigenvalue weighted by Gasteiger charge is 2.19. The van der Waals surface area contributed by atoms with Crippen LogP contribution in [-0.4, -0.2) is 5.78 Å². The van der Waals surface area contributed by atoms with Crippen molar-refractivity contribution in [3.63, 3.8) is 0 Å². The van der Waals surface area contributed by atoms with E-state index in [9.17, 15) is 4.79 Å². The van der Waals surface area contributed by atoms with Gasteiger partial charge in [-0.15, -0.1) is 0 Å². The Bertz CT molecular complexity index is 533. The van der Waals surface area contributed by atoms with Crippen LogP contribution >= 0.6 is 0 Å². The van der Waals surface area contributed by atoms with E-state index >= 15 is 0 Å². The molecule has 0 aromatic rings. The summed E-state index contributed by atoms with van der Waals surface area (Å²) in [6.45, 7) is 8.10. The van der Waals surface area contributed by atoms with Gasteiger partial charge < -0.3 is 0 Å². The van der Waals surface area contributed by atoms with Gasteiger partial charge in [0, 0.05) is 11.8 Å². The Morgan fingerprint density at radius 3 is 1.26 bits per heavy atom. The van der Waals surface area contributed by atoms with Gasteiger partial charge in [0.05, 0.1) is 0 Å². The molecule has 0 unspecified atom stereocenters. The number of allylic oxidation sites excluding steroid dienone is 12. The van der Waals surface area contributed by atoms with Crippen molar-refractivity contribution in [1.82, 2.24) is 0 Å². The fraction of sp³-hybridized carbons (Fsp3) is 0.500. The topological polar surface area (TPSA) is 17.1 Å². The Balaban J connectivity index is 3.62. The van der Waals surface area contributed by atoms with Crippen LogP contribution in [0.1, 0.15) is 79.1 Å². The Hall–Kier alpha value is -1.89. The Morgan fingerprint density at radius 1 is 0.593 bits per heavy atom. The standard InChI is InChI=1S/C26H40O/c1-5-6-7-8-9-10-11-12-13-14-15-16-17-18-19-20-21-22-23-24-25(27)26(2,3)4/h6-7,9-10,12-13,15-16,18-19,21-22H,5,8,11,14,17,20,23-24H2,1-4H3/b7-6-,10-9-,13-12-,16-15-,19-18-,22-21-. The SMILES string of the molecule is CC/C=C\C/C=C\C/C=C\C/C=C\C/C=C\C/C=C\CCC(=O)C(C)(C)C. The van der Waals surface area contributed by atoms with Gasteiger partial charge in [0.1, 0.15) is 5.78 Å². The fourth-order valence-electron chi connectivity index (χ4n) is 2.23. The molecule has 0 bridgehead atoms. The molecule has 0 radical (unpaired) electrons. The molecule has 1 heteroatoms. The van der Waals surface area contributed by atoms with Crippen LogP contribution in [-0.2, 0) is 4.79 Å². The van der Waals surface area contributed by atoms with Crippen molar-refractivity contribution >= 4 is 5.78 Å². The Labute approximate surface area is 168 Å². The minimum absolute atomic E-state index is 0.211. The molecule has 0 heterocycles. The van der Waals surface area contributed by atoms with Gasteiger partial charge in [-0.1, -0.05) is 101 Å². The zero-order valence-electron chi connectivity index (χ0n) is 18.0. The molecule has 0 saturated carbocycles. The summed E-state index contributed by atoms with van der Waals surface area (Å²) in [6.07, 6.45) is 33.9. The number of rotatable bonds is 14. The Kier molecular flexibility index (Phi) is 16.3. The number of carbonyl (C=O) groups excluding carboxylic acids is 1. The van der Waals surface area contributed by atoms with E-state index in [1.54, 1.807) is 0 Å². The van der Waals surface area contributed by atoms with Crippen molar-refractivity contribution in [2.75, 3.05) is 0 Å². The van der Waals surface area contributed by atoms with E-state index in [-0.39, 0.29) is 5.41 Å². The smallest absolute Gasteiger partial charge is 0.138 e. The molecule has 0 rings (SSSR count). The summed E-state index contributed by atoms with van der Waals surface area (Å²) < 4.78 is 0. The van der Waals surface area contributed by atoms with E-state index in [4.69, 9.17) is 0 Å². The van der Waals surface area contributed by atoms with Gasteiger partial charge in [0.25, 0.3) is 0 Å². The molecule has 0 saturated heterocycles. The quantitative estimate of drug-likeness (QED) is 0.283. The summed E-state index contributed by atoms with van der Waals surface area (Å²) in [4.78, 5) is 11.8. The van der Waals surface area contributed by atoms with E-state index in [2.05, 4.69) is 79.8 Å². The molecule has 0 N–H and O–H groups in total. The molecule has 0 fully saturated rings. The predicted molar refractivity (Wildman–Crippen MR) is 122 cm³/mol. The number of Topliss-reactive ketones (excluding diaryl/α,β-unsaturated/α-hetero) is 1. The molecule has 150 valence electrons. The normalized spacial score (nSPS) is 13.6. The molecule has 0 aromatic heterocycles. The lowest BCUT2D eigenvalue weighted by atomic mass is 9.88. The maximum Gasteiger partial charge on any atom is 0.138 e. The number of ketones is 1. The molecular weight excluding hydrogens is 328 g/mol. The van der Waals surface area contributed by atoms with Crippen LogP contribution < -0.4 is 0 Å². The third-order valence-corrected chi connectivity index (χ3v) is 3.97. The molecule has 0 aliphatic rings. The van der Waals surface area contributed by atoms with Gasteiger partial charge >= 0.3 is 0 Å². The summed E-state index contributed by atoms with van der Waals surface area (Å²) in [5.41, 5.74) is -0.211. The number of hydrogen-bond donors (Lipinski definition) is 0. The first-order valence-corrected chi connectivity index (χ1v) is 10.4. The van der Waals surface area contributed by atoms with Gasteiger partial charge in [-0.2, -0.15) is 0 Å². The van der Waals surface area contributed by atoms with Crippen molar-refractivity contribution in [1.29, 1.82) is 0 Å². The molecule has 1 nitrogen and oxygen atoms in total. The van der Waals surface area contributed by atoms with Gasteiger partial charge in [-0.25, -0.2) is 0 Å². The van der Waals surface area contributed by atoms with Crippen LogP contribution in [0, 0.1) is 5.41 Å². The van der Waals surface area contributed by atoms with Crippen LogP contribution in [0.5, 0.6) is 0 Å². The first kappa shape index (κ1) is 25.1. The molecule has 0 aromatic carbocycles. The van der Waals surface area contributed by atoms with Crippen LogP contribution in [0.4, 0.5) is 0 Å². The summed E-state index contributed by atoms with van der Waals surface area (Å²) in [7, 11) is 0. The van der Waals surface area contributed by atoms with Crippen LogP contribution in [0.2, 0.25) is 0 Å². The van der Waals surface area contributed by atoms with Crippen molar-refractivity contribution in [2.45, 2.75) is 79.1 Å². The lowest BCUT2D eigenvalue weighted by Crippen LogP contribution is -2.19. The van der Waals surface area contributed by atoms with Crippen molar-refractivity contribution in [2.24, 2.45) is 5.41 Å². The van der Waals surface area contributed by atoms with E-state index < -0.39 is 0 Å². The maximum absolute atomic E-state index is 11.8. The minimum atomic E-state index is -0.211. The van der Waals surface area contributed by atoms with Gasteiger partial charge in [0.15, 0.2) is 0 Å². The third-order valence-electron chi connectivity index (χ3n) is 3.97. The van der Waals surface area contributed by atoms with Gasteiger partial charge in [-0.3, -0.25) is 4.79 Å². The average molecular weight is 369 g/mol. The molecule has 0 aliphatic carbocycles. The van der Waals surface area contributed by atoms with Crippen LogP contribution in [0.3, 0.4) is 0 Å². The summed E-state index contributed by atoms with van der Waals surface area (Å²) in [5, 5.41) is 0. The Morgan fingerprint density at radius 2 is 0.926 bits per heavy atom. The van der Waals surface area contributed by atoms with Crippen LogP contribution in [0.25, 0.3) is 0 Å². The largest absolute Gasteiger partial charge is 0.299 e. The molecule has 0 aliphatic heterocycles. The highest BCUT2D eigenvalue weighted by molar-refractivity contribution is 5.83. The van der Waals surface area contributed by atoms with Crippen LogP contribution in [0.15, 0.2) is 72.9 Å². The van der Waals surface area contributed by atoms with Gasteiger partial charge in [-0.05, 0) is 44.9 Å². The molecule has 0 atom stereocenters. The maximum atomic E-state index is 11.8. The summed E-state index contributed by atoms with van der Waals surface area (Å²) in [6, 6.07) is 0. The molecule has 27 heavy (non-hydrogen) atoms. The summed E-state index contributed by atoms with van der Waals surface area (Å²) >= 11 is 0. The minimum Gasteiger partial charge on any atom is -0.299 e. The van der Waals surface area contributed by atoms with E-state index in [0.717, 1.165) is 44.9 Å². The highest BCUT2D eigenvalue weighted by atomic mass is 16.1. The van der Waals surface area contributed by atoms with E-state index in [1.165, 1.54) is 0 Å². The molecule has 0 amide bonds. The molecular formula is C26H40O. The highest BCUT2D eigenvalue weighted by Crippen LogP contribution is 2.17.